The van der Waals surface area contributed by atoms with E-state index in [0.29, 0.717) is 32.5 Å². The molecule has 1 N–H and O–H groups in total. The number of carbonyl (C=O) groups is 2. The second-order valence-corrected chi connectivity index (χ2v) is 5.83. The fourth-order valence-electron chi connectivity index (χ4n) is 3.55. The summed E-state index contributed by atoms with van der Waals surface area (Å²) in [6.45, 7) is 1.88. The first-order chi connectivity index (χ1) is 9.25. The molecule has 106 valence electrons. The Bertz CT molecular complexity index is 360. The van der Waals surface area contributed by atoms with E-state index in [1.54, 1.807) is 0 Å². The summed E-state index contributed by atoms with van der Waals surface area (Å²) in [5, 5.41) is 2.81. The zero-order chi connectivity index (χ0) is 13.2. The van der Waals surface area contributed by atoms with Gasteiger partial charge in [0.15, 0.2) is 0 Å². The molecule has 3 atom stereocenters. The zero-order valence-corrected chi connectivity index (χ0v) is 11.3. The van der Waals surface area contributed by atoms with Gasteiger partial charge >= 0.3 is 0 Å². The van der Waals surface area contributed by atoms with Crippen LogP contribution in [0.2, 0.25) is 0 Å². The van der Waals surface area contributed by atoms with Gasteiger partial charge in [0.2, 0.25) is 11.8 Å². The van der Waals surface area contributed by atoms with Crippen LogP contribution in [0.5, 0.6) is 0 Å². The number of ether oxygens (including phenoxy) is 1. The molecule has 0 aromatic carbocycles. The summed E-state index contributed by atoms with van der Waals surface area (Å²) >= 11 is 0. The molecule has 0 spiro atoms. The van der Waals surface area contributed by atoms with Crippen molar-refractivity contribution in [3.8, 4) is 0 Å². The van der Waals surface area contributed by atoms with Gasteiger partial charge in [-0.25, -0.2) is 0 Å². The molecule has 5 nitrogen and oxygen atoms in total. The van der Waals surface area contributed by atoms with Crippen molar-refractivity contribution >= 4 is 11.8 Å². The van der Waals surface area contributed by atoms with Gasteiger partial charge in [0.05, 0.1) is 24.7 Å². The van der Waals surface area contributed by atoms with Crippen LogP contribution in [-0.4, -0.2) is 48.6 Å². The number of nitrogens with zero attached hydrogens (tertiary/aromatic N) is 1. The van der Waals surface area contributed by atoms with E-state index in [1.807, 2.05) is 4.90 Å². The molecule has 3 fully saturated rings. The van der Waals surface area contributed by atoms with Crippen molar-refractivity contribution in [1.82, 2.24) is 10.2 Å². The third-order valence-electron chi connectivity index (χ3n) is 4.63. The van der Waals surface area contributed by atoms with Crippen LogP contribution in [0.1, 0.15) is 38.5 Å². The lowest BCUT2D eigenvalue weighted by Crippen LogP contribution is -2.57. The third-order valence-corrected chi connectivity index (χ3v) is 4.63. The predicted octanol–water partition coefficient (Wildman–Crippen LogP) is 0.683. The largest absolute Gasteiger partial charge is 0.374 e. The van der Waals surface area contributed by atoms with Crippen LogP contribution in [0.4, 0.5) is 0 Å². The van der Waals surface area contributed by atoms with Crippen molar-refractivity contribution in [3.63, 3.8) is 0 Å². The normalized spacial score (nSPS) is 35.5. The van der Waals surface area contributed by atoms with E-state index in [1.165, 1.54) is 12.8 Å². The van der Waals surface area contributed by atoms with Gasteiger partial charge in [0.1, 0.15) is 0 Å². The first kappa shape index (κ1) is 12.9. The summed E-state index contributed by atoms with van der Waals surface area (Å²) in [7, 11) is 0. The van der Waals surface area contributed by atoms with Crippen LogP contribution in [0.3, 0.4) is 0 Å². The Balaban J connectivity index is 1.66. The Hall–Kier alpha value is -1.10. The van der Waals surface area contributed by atoms with E-state index >= 15 is 0 Å². The SMILES string of the molecule is O=C1CCC(C(=O)N2CCOC3CCCCC32)CN1. The molecule has 1 saturated carbocycles. The number of fused-ring (bicyclic) bond motifs is 1. The van der Waals surface area contributed by atoms with Crippen LogP contribution >= 0.6 is 0 Å². The number of carbonyl (C=O) groups excluding carboxylic acids is 2. The lowest BCUT2D eigenvalue weighted by atomic mass is 9.88. The number of morpholine rings is 1. The molecule has 0 aromatic rings. The van der Waals surface area contributed by atoms with Gasteiger partial charge in [-0.2, -0.15) is 0 Å². The number of piperidine rings is 1. The Kier molecular flexibility index (Phi) is 3.73. The highest BCUT2D eigenvalue weighted by Gasteiger charge is 2.39. The van der Waals surface area contributed by atoms with Crippen LogP contribution in [0.25, 0.3) is 0 Å². The molecule has 1 aliphatic carbocycles. The fraction of sp³-hybridized carbons (Fsp3) is 0.857. The fourth-order valence-corrected chi connectivity index (χ4v) is 3.55. The van der Waals surface area contributed by atoms with Crippen molar-refractivity contribution in [3.05, 3.63) is 0 Å². The molecule has 0 radical (unpaired) electrons. The zero-order valence-electron chi connectivity index (χ0n) is 11.3. The van der Waals surface area contributed by atoms with Crippen molar-refractivity contribution in [2.24, 2.45) is 5.92 Å². The number of hydrogen-bond donors (Lipinski definition) is 1. The summed E-state index contributed by atoms with van der Waals surface area (Å²) in [5.41, 5.74) is 0. The quantitative estimate of drug-likeness (QED) is 0.759. The first-order valence-electron chi connectivity index (χ1n) is 7.44. The Morgan fingerprint density at radius 2 is 2.11 bits per heavy atom. The topological polar surface area (TPSA) is 58.6 Å². The van der Waals surface area contributed by atoms with Gasteiger partial charge in [-0.3, -0.25) is 9.59 Å². The predicted molar refractivity (Wildman–Crippen MR) is 69.4 cm³/mol. The summed E-state index contributed by atoms with van der Waals surface area (Å²) in [6, 6.07) is 0.271. The lowest BCUT2D eigenvalue weighted by Gasteiger charge is -2.45. The van der Waals surface area contributed by atoms with Crippen molar-refractivity contribution in [2.45, 2.75) is 50.7 Å². The first-order valence-corrected chi connectivity index (χ1v) is 7.44. The molecule has 19 heavy (non-hydrogen) atoms. The molecule has 0 aromatic heterocycles. The Morgan fingerprint density at radius 1 is 1.26 bits per heavy atom. The smallest absolute Gasteiger partial charge is 0.227 e. The van der Waals surface area contributed by atoms with Gasteiger partial charge < -0.3 is 15.0 Å². The molecule has 0 bridgehead atoms. The Morgan fingerprint density at radius 3 is 2.89 bits per heavy atom. The molecule has 5 heteroatoms. The van der Waals surface area contributed by atoms with Gasteiger partial charge in [0.25, 0.3) is 0 Å². The van der Waals surface area contributed by atoms with Gasteiger partial charge in [-0.1, -0.05) is 12.8 Å². The molecule has 3 unspecified atom stereocenters. The second-order valence-electron chi connectivity index (χ2n) is 5.83. The average Bonchev–Trinajstić information content (AvgIpc) is 2.47. The minimum absolute atomic E-state index is 0.0293. The van der Waals surface area contributed by atoms with Crippen LogP contribution in [-0.2, 0) is 14.3 Å². The number of amides is 2. The van der Waals surface area contributed by atoms with Crippen molar-refractivity contribution in [2.75, 3.05) is 19.7 Å². The highest BCUT2D eigenvalue weighted by atomic mass is 16.5. The molecule has 2 heterocycles. The maximum Gasteiger partial charge on any atom is 0.227 e. The maximum atomic E-state index is 12.6. The third kappa shape index (κ3) is 2.61. The summed E-state index contributed by atoms with van der Waals surface area (Å²) in [6.07, 6.45) is 5.96. The van der Waals surface area contributed by atoms with E-state index < -0.39 is 0 Å². The van der Waals surface area contributed by atoms with Crippen LogP contribution in [0.15, 0.2) is 0 Å². The lowest BCUT2D eigenvalue weighted by molar-refractivity contribution is -0.154. The molecule has 2 aliphatic heterocycles. The summed E-state index contributed by atoms with van der Waals surface area (Å²) in [5.74, 6) is 0.264. The number of nitrogens with one attached hydrogen (secondary N) is 1. The summed E-state index contributed by atoms with van der Waals surface area (Å²) < 4.78 is 5.80. The Labute approximate surface area is 113 Å². The highest BCUT2D eigenvalue weighted by molar-refractivity contribution is 5.84. The average molecular weight is 266 g/mol. The van der Waals surface area contributed by atoms with Gasteiger partial charge in [0, 0.05) is 19.5 Å². The van der Waals surface area contributed by atoms with E-state index in [9.17, 15) is 9.59 Å². The molecule has 3 rings (SSSR count). The van der Waals surface area contributed by atoms with Gasteiger partial charge in [-0.15, -0.1) is 0 Å². The van der Waals surface area contributed by atoms with Crippen molar-refractivity contribution in [1.29, 1.82) is 0 Å². The minimum atomic E-state index is -0.0293. The monoisotopic (exact) mass is 266 g/mol. The van der Waals surface area contributed by atoms with E-state index in [4.69, 9.17) is 4.74 Å². The highest BCUT2D eigenvalue weighted by Crippen LogP contribution is 2.30. The van der Waals surface area contributed by atoms with E-state index in [2.05, 4.69) is 5.32 Å². The molecular formula is C14H22N2O3. The van der Waals surface area contributed by atoms with Gasteiger partial charge in [-0.05, 0) is 19.3 Å². The molecule has 2 amide bonds. The van der Waals surface area contributed by atoms with Crippen molar-refractivity contribution < 1.29 is 14.3 Å². The minimum Gasteiger partial charge on any atom is -0.374 e. The van der Waals surface area contributed by atoms with E-state index in [0.717, 1.165) is 12.8 Å². The molecule has 3 aliphatic rings. The molecule has 2 saturated heterocycles. The number of hydrogen-bond acceptors (Lipinski definition) is 3. The standard InChI is InChI=1S/C14H22N2O3/c17-13-6-5-10(9-15-13)14(18)16-7-8-19-12-4-2-1-3-11(12)16/h10-12H,1-9H2,(H,15,17). The summed E-state index contributed by atoms with van der Waals surface area (Å²) in [4.78, 5) is 25.9. The number of rotatable bonds is 1. The van der Waals surface area contributed by atoms with Crippen LogP contribution in [0, 0.1) is 5.92 Å². The van der Waals surface area contributed by atoms with Crippen LogP contribution < -0.4 is 5.32 Å². The second kappa shape index (κ2) is 5.49. The maximum absolute atomic E-state index is 12.6. The van der Waals surface area contributed by atoms with E-state index in [-0.39, 0.29) is 29.9 Å². The molecular weight excluding hydrogens is 244 g/mol.